The van der Waals surface area contributed by atoms with Crippen LogP contribution in [0.5, 0.6) is 0 Å². The third-order valence-corrected chi connectivity index (χ3v) is 4.17. The lowest BCUT2D eigenvalue weighted by Crippen LogP contribution is -2.21. The van der Waals surface area contributed by atoms with Gasteiger partial charge in [-0.3, -0.25) is 0 Å². The summed E-state index contributed by atoms with van der Waals surface area (Å²) in [5.41, 5.74) is 11.0. The van der Waals surface area contributed by atoms with Gasteiger partial charge < -0.3 is 5.73 Å². The van der Waals surface area contributed by atoms with Gasteiger partial charge in [0.1, 0.15) is 0 Å². The first-order valence-electron chi connectivity index (χ1n) is 6.83. The minimum Gasteiger partial charge on any atom is -0.327 e. The second kappa shape index (κ2) is 6.94. The fourth-order valence-electron chi connectivity index (χ4n) is 1.67. The van der Waals surface area contributed by atoms with Crippen LogP contribution < -0.4 is 5.73 Å². The van der Waals surface area contributed by atoms with Crippen LogP contribution in [0.25, 0.3) is 0 Å². The Morgan fingerprint density at radius 2 is 1.67 bits per heavy atom. The summed E-state index contributed by atoms with van der Waals surface area (Å²) in [6, 6.07) is 0. The van der Waals surface area contributed by atoms with E-state index in [1.165, 1.54) is 11.1 Å². The van der Waals surface area contributed by atoms with Gasteiger partial charge in [0.2, 0.25) is 0 Å². The van der Waals surface area contributed by atoms with E-state index in [-0.39, 0.29) is 0 Å². The molecule has 0 aliphatic rings. The molecule has 0 rings (SSSR count). The lowest BCUT2D eigenvalue weighted by atomic mass is 9.74. The van der Waals surface area contributed by atoms with Gasteiger partial charge in [0.25, 0.3) is 0 Å². The van der Waals surface area contributed by atoms with Gasteiger partial charge in [0.15, 0.2) is 0 Å². The third-order valence-electron chi connectivity index (χ3n) is 4.17. The van der Waals surface area contributed by atoms with Crippen LogP contribution in [0.4, 0.5) is 0 Å². The van der Waals surface area contributed by atoms with Crippen molar-refractivity contribution in [2.75, 3.05) is 6.54 Å². The molecule has 0 unspecified atom stereocenters. The van der Waals surface area contributed by atoms with Gasteiger partial charge in [-0.1, -0.05) is 57.6 Å². The Kier molecular flexibility index (Phi) is 6.62. The van der Waals surface area contributed by atoms with Gasteiger partial charge in [0.05, 0.1) is 0 Å². The van der Waals surface area contributed by atoms with Gasteiger partial charge in [-0.25, -0.2) is 0 Å². The highest BCUT2D eigenvalue weighted by Crippen LogP contribution is 2.36. The highest BCUT2D eigenvalue weighted by Gasteiger charge is 2.24. The molecule has 0 bridgehead atoms. The van der Waals surface area contributed by atoms with Gasteiger partial charge in [-0.05, 0) is 43.6 Å². The van der Waals surface area contributed by atoms with Crippen LogP contribution in [0, 0.1) is 11.3 Å². The minimum atomic E-state index is 0.293. The summed E-state index contributed by atoms with van der Waals surface area (Å²) in [4.78, 5) is 0. The van der Waals surface area contributed by atoms with E-state index in [1.807, 2.05) is 6.92 Å². The zero-order valence-electron chi connectivity index (χ0n) is 13.2. The van der Waals surface area contributed by atoms with Crippen LogP contribution >= 0.6 is 0 Å². The zero-order chi connectivity index (χ0) is 14.5. The second-order valence-corrected chi connectivity index (χ2v) is 6.47. The van der Waals surface area contributed by atoms with Gasteiger partial charge >= 0.3 is 0 Å². The second-order valence-electron chi connectivity index (χ2n) is 6.47. The molecule has 0 aromatic heterocycles. The fourth-order valence-corrected chi connectivity index (χ4v) is 1.67. The maximum Gasteiger partial charge on any atom is 0.0136 e. The molecule has 1 heteroatoms. The Balaban J connectivity index is 5.06. The molecule has 0 aromatic carbocycles. The highest BCUT2D eigenvalue weighted by atomic mass is 14.5. The quantitative estimate of drug-likeness (QED) is 0.506. The normalized spacial score (nSPS) is 13.6. The number of rotatable bonds is 7. The molecule has 0 aromatic rings. The van der Waals surface area contributed by atoms with E-state index in [0.717, 1.165) is 24.0 Å². The van der Waals surface area contributed by atoms with Crippen molar-refractivity contribution in [3.05, 3.63) is 35.5 Å². The largest absolute Gasteiger partial charge is 0.327 e. The van der Waals surface area contributed by atoms with Crippen molar-refractivity contribution in [3.63, 3.8) is 0 Å². The van der Waals surface area contributed by atoms with Crippen LogP contribution in [-0.4, -0.2) is 6.54 Å². The van der Waals surface area contributed by atoms with Crippen molar-refractivity contribution in [2.45, 2.75) is 54.4 Å². The summed E-state index contributed by atoms with van der Waals surface area (Å²) in [6.07, 6.45) is 1.99. The van der Waals surface area contributed by atoms with Crippen LogP contribution in [0.2, 0.25) is 0 Å². The predicted molar refractivity (Wildman–Crippen MR) is 83.6 cm³/mol. The summed E-state index contributed by atoms with van der Waals surface area (Å²) < 4.78 is 0. The predicted octanol–water partition coefficient (Wildman–Crippen LogP) is 4.86. The Labute approximate surface area is 114 Å². The first-order chi connectivity index (χ1) is 8.11. The monoisotopic (exact) mass is 249 g/mol. The molecule has 1 nitrogen and oxygen atoms in total. The number of nitrogens with two attached hydrogens (primary N) is 1. The van der Waals surface area contributed by atoms with Crippen molar-refractivity contribution in [1.29, 1.82) is 0 Å². The highest BCUT2D eigenvalue weighted by molar-refractivity contribution is 5.31. The molecule has 0 aliphatic heterocycles. The first-order valence-corrected chi connectivity index (χ1v) is 6.83. The van der Waals surface area contributed by atoms with Gasteiger partial charge in [-0.15, -0.1) is 0 Å². The summed E-state index contributed by atoms with van der Waals surface area (Å²) in [5.74, 6) is 0.649. The van der Waals surface area contributed by atoms with E-state index in [1.54, 1.807) is 0 Å². The molecular weight excluding hydrogens is 218 g/mol. The number of allylic oxidation sites excluding steroid dienone is 3. The van der Waals surface area contributed by atoms with E-state index in [2.05, 4.69) is 47.8 Å². The van der Waals surface area contributed by atoms with Crippen molar-refractivity contribution >= 4 is 0 Å². The van der Waals surface area contributed by atoms with E-state index in [0.29, 0.717) is 17.9 Å². The average Bonchev–Trinajstić information content (AvgIpc) is 2.26. The Bertz CT molecular complexity index is 343. The van der Waals surface area contributed by atoms with Crippen LogP contribution in [0.3, 0.4) is 0 Å². The van der Waals surface area contributed by atoms with Crippen LogP contribution in [0.1, 0.15) is 54.4 Å². The van der Waals surface area contributed by atoms with E-state index < -0.39 is 0 Å². The molecular formula is C17H31N. The molecule has 0 radical (unpaired) electrons. The van der Waals surface area contributed by atoms with Gasteiger partial charge in [-0.2, -0.15) is 0 Å². The van der Waals surface area contributed by atoms with Crippen molar-refractivity contribution in [3.8, 4) is 0 Å². The molecule has 0 saturated heterocycles. The lowest BCUT2D eigenvalue weighted by Gasteiger charge is -2.31. The molecule has 2 N–H and O–H groups in total. The SMILES string of the molecule is C=C(C)C(=C)C/C(CC(C)(C)C(C)C)=C(/C)CN. The summed E-state index contributed by atoms with van der Waals surface area (Å²) in [7, 11) is 0. The van der Waals surface area contributed by atoms with Gasteiger partial charge in [0, 0.05) is 6.54 Å². The van der Waals surface area contributed by atoms with E-state index >= 15 is 0 Å². The van der Waals surface area contributed by atoms with E-state index in [9.17, 15) is 0 Å². The van der Waals surface area contributed by atoms with Crippen molar-refractivity contribution in [1.82, 2.24) is 0 Å². The topological polar surface area (TPSA) is 26.0 Å². The molecule has 0 aliphatic carbocycles. The summed E-state index contributed by atoms with van der Waals surface area (Å²) in [5, 5.41) is 0. The number of hydrogen-bond donors (Lipinski definition) is 1. The van der Waals surface area contributed by atoms with E-state index in [4.69, 9.17) is 5.73 Å². The summed E-state index contributed by atoms with van der Waals surface area (Å²) >= 11 is 0. The van der Waals surface area contributed by atoms with Crippen LogP contribution in [-0.2, 0) is 0 Å². The smallest absolute Gasteiger partial charge is 0.0136 e. The average molecular weight is 249 g/mol. The molecule has 0 heterocycles. The maximum absolute atomic E-state index is 5.81. The van der Waals surface area contributed by atoms with Crippen molar-refractivity contribution in [2.24, 2.45) is 17.1 Å². The van der Waals surface area contributed by atoms with Crippen molar-refractivity contribution < 1.29 is 0 Å². The summed E-state index contributed by atoms with van der Waals surface area (Å²) in [6.45, 7) is 22.1. The lowest BCUT2D eigenvalue weighted by molar-refractivity contribution is 0.245. The number of hydrogen-bond acceptors (Lipinski definition) is 1. The Morgan fingerprint density at radius 1 is 1.17 bits per heavy atom. The Hall–Kier alpha value is -0.820. The standard InChI is InChI=1S/C17H31N/c1-12(2)14(5)9-16(15(6)11-18)10-17(7,8)13(3)4/h13H,1,5,9-11,18H2,2-4,6-8H3/b16-15+. The molecule has 0 amide bonds. The minimum absolute atomic E-state index is 0.293. The molecule has 0 fully saturated rings. The third kappa shape index (κ3) is 5.22. The molecule has 18 heavy (non-hydrogen) atoms. The molecule has 104 valence electrons. The fraction of sp³-hybridized carbons (Fsp3) is 0.647. The molecule has 0 spiro atoms. The Morgan fingerprint density at radius 3 is 2.00 bits per heavy atom. The molecule has 0 atom stereocenters. The molecule has 0 saturated carbocycles. The first kappa shape index (κ1) is 17.2. The zero-order valence-corrected chi connectivity index (χ0v) is 13.2. The maximum atomic E-state index is 5.81. The van der Waals surface area contributed by atoms with Crippen LogP contribution in [0.15, 0.2) is 35.5 Å².